The summed E-state index contributed by atoms with van der Waals surface area (Å²) >= 11 is 0. The molecule has 0 rings (SSSR count). The monoisotopic (exact) mass is 784 g/mol. The normalized spacial score (nSPS) is 14.7. The second kappa shape index (κ2) is 35.4. The number of unbranched alkanes of at least 4 members (excludes halogenated alkanes) is 15. The van der Waals surface area contributed by atoms with Gasteiger partial charge < -0.3 is 33.0 Å². The van der Waals surface area contributed by atoms with Crippen molar-refractivity contribution in [1.82, 2.24) is 0 Å². The molecule has 0 fully saturated rings. The highest BCUT2D eigenvalue weighted by Crippen LogP contribution is 2.38. The summed E-state index contributed by atoms with van der Waals surface area (Å²) in [5, 5.41) is 10.0. The first kappa shape index (κ1) is 51.9. The van der Waals surface area contributed by atoms with Crippen LogP contribution in [0.5, 0.6) is 0 Å². The maximum Gasteiger partial charge on any atom is 0.306 e. The van der Waals surface area contributed by atoms with Crippen molar-refractivity contribution >= 4 is 19.8 Å². The fourth-order valence-corrected chi connectivity index (χ4v) is 6.05. The Bertz CT molecular complexity index is 1080. The van der Waals surface area contributed by atoms with E-state index >= 15 is 0 Å². The van der Waals surface area contributed by atoms with E-state index < -0.39 is 38.6 Å². The summed E-state index contributed by atoms with van der Waals surface area (Å²) in [6.07, 6.45) is 36.0. The van der Waals surface area contributed by atoms with Gasteiger partial charge in [-0.2, -0.15) is 0 Å². The third kappa shape index (κ3) is 38.2. The molecule has 54 heavy (non-hydrogen) atoms. The maximum atomic E-state index is 12.6. The minimum absolute atomic E-state index is 0.0496. The molecule has 0 aromatic rings. The highest BCUT2D eigenvalue weighted by molar-refractivity contribution is 7.45. The standard InChI is InChI=1S/C43H78NO9P/c1-6-8-10-12-14-15-16-17-18-23-27-31-35-43(47)53-41(39-52-54(48,49)51-37-36-44(3,4)5)38-50-42(46)34-30-26-22-20-19-21-25-29-33-40(45)32-28-24-13-11-9-7-2/h20-22,24-25,28-29,33,40-41,45H,6-19,23,26-27,30-32,34-39H2,1-5H3/b22-20-,25-21-,28-24-,33-29+/t40-,41-/m1/s1. The molecule has 0 radical (unpaired) electrons. The highest BCUT2D eigenvalue weighted by atomic mass is 31.2. The number of ether oxygens (including phenoxy) is 2. The molecule has 0 aliphatic carbocycles. The summed E-state index contributed by atoms with van der Waals surface area (Å²) in [7, 11) is 1.10. The first-order chi connectivity index (χ1) is 25.9. The lowest BCUT2D eigenvalue weighted by atomic mass is 10.0. The second-order valence-electron chi connectivity index (χ2n) is 15.2. The molecule has 0 heterocycles. The maximum absolute atomic E-state index is 12.6. The van der Waals surface area contributed by atoms with Gasteiger partial charge in [0.05, 0.1) is 33.9 Å². The lowest BCUT2D eigenvalue weighted by Crippen LogP contribution is -2.37. The largest absolute Gasteiger partial charge is 0.756 e. The Morgan fingerprint density at radius 1 is 0.685 bits per heavy atom. The average molecular weight is 784 g/mol. The van der Waals surface area contributed by atoms with Crippen molar-refractivity contribution in [2.24, 2.45) is 0 Å². The van der Waals surface area contributed by atoms with Crippen LogP contribution in [0.1, 0.15) is 155 Å². The van der Waals surface area contributed by atoms with Crippen LogP contribution in [-0.4, -0.2) is 81.2 Å². The smallest absolute Gasteiger partial charge is 0.306 e. The van der Waals surface area contributed by atoms with E-state index in [1.807, 2.05) is 57.6 Å². The van der Waals surface area contributed by atoms with Gasteiger partial charge in [-0.25, -0.2) is 0 Å². The van der Waals surface area contributed by atoms with Crippen LogP contribution in [0.25, 0.3) is 0 Å². The van der Waals surface area contributed by atoms with Crippen molar-refractivity contribution < 1.29 is 47.2 Å². The van der Waals surface area contributed by atoms with Gasteiger partial charge in [-0.15, -0.1) is 0 Å². The van der Waals surface area contributed by atoms with E-state index in [1.165, 1.54) is 70.6 Å². The number of allylic oxidation sites excluding steroid dienone is 6. The number of likely N-dealkylation sites (N-methyl/N-ethyl adjacent to an activating group) is 1. The Labute approximate surface area is 329 Å². The third-order valence-electron chi connectivity index (χ3n) is 8.68. The van der Waals surface area contributed by atoms with Crippen molar-refractivity contribution in [2.75, 3.05) is 47.5 Å². The summed E-state index contributed by atoms with van der Waals surface area (Å²) in [5.74, 6) is -0.941. The number of quaternary nitrogens is 1. The van der Waals surface area contributed by atoms with Crippen LogP contribution in [0, 0.1) is 0 Å². The van der Waals surface area contributed by atoms with Gasteiger partial charge in [0.25, 0.3) is 7.82 Å². The van der Waals surface area contributed by atoms with Gasteiger partial charge >= 0.3 is 11.9 Å². The Balaban J connectivity index is 4.54. The lowest BCUT2D eigenvalue weighted by Gasteiger charge is -2.28. The molecule has 0 bridgehead atoms. The molecule has 0 amide bonds. The molecule has 1 unspecified atom stereocenters. The quantitative estimate of drug-likeness (QED) is 0.0163. The molecule has 11 heteroatoms. The number of hydrogen-bond acceptors (Lipinski definition) is 9. The van der Waals surface area contributed by atoms with Gasteiger partial charge in [-0.1, -0.05) is 146 Å². The number of phosphoric ester groups is 1. The van der Waals surface area contributed by atoms with Crippen LogP contribution in [0.15, 0.2) is 48.6 Å². The van der Waals surface area contributed by atoms with Gasteiger partial charge in [0, 0.05) is 12.8 Å². The lowest BCUT2D eigenvalue weighted by molar-refractivity contribution is -0.870. The van der Waals surface area contributed by atoms with E-state index in [4.69, 9.17) is 18.5 Å². The Hall–Kier alpha value is -2.07. The summed E-state index contributed by atoms with van der Waals surface area (Å²) in [6.45, 7) is 4.02. The number of aliphatic hydroxyl groups is 1. The van der Waals surface area contributed by atoms with Gasteiger partial charge in [-0.3, -0.25) is 14.2 Å². The van der Waals surface area contributed by atoms with E-state index in [0.717, 1.165) is 32.1 Å². The highest BCUT2D eigenvalue weighted by Gasteiger charge is 2.21. The number of hydrogen-bond donors (Lipinski definition) is 1. The topological polar surface area (TPSA) is 131 Å². The summed E-state index contributed by atoms with van der Waals surface area (Å²) in [4.78, 5) is 37.4. The van der Waals surface area contributed by atoms with Crippen molar-refractivity contribution in [3.05, 3.63) is 48.6 Å². The van der Waals surface area contributed by atoms with Crippen molar-refractivity contribution in [1.29, 1.82) is 0 Å². The Morgan fingerprint density at radius 3 is 1.91 bits per heavy atom. The van der Waals surface area contributed by atoms with Gasteiger partial charge in [0.2, 0.25) is 0 Å². The molecule has 0 saturated heterocycles. The molecule has 3 atom stereocenters. The van der Waals surface area contributed by atoms with Crippen LogP contribution >= 0.6 is 7.82 Å². The summed E-state index contributed by atoms with van der Waals surface area (Å²) < 4.78 is 33.7. The van der Waals surface area contributed by atoms with Crippen LogP contribution in [0.4, 0.5) is 0 Å². The zero-order chi connectivity index (χ0) is 40.2. The van der Waals surface area contributed by atoms with Crippen molar-refractivity contribution in [2.45, 2.75) is 167 Å². The van der Waals surface area contributed by atoms with Gasteiger partial charge in [-0.05, 0) is 44.9 Å². The number of carbonyl (C=O) groups is 2. The predicted molar refractivity (Wildman–Crippen MR) is 219 cm³/mol. The second-order valence-corrected chi connectivity index (χ2v) is 16.6. The van der Waals surface area contributed by atoms with Crippen molar-refractivity contribution in [3.8, 4) is 0 Å². The molecule has 10 nitrogen and oxygen atoms in total. The number of carbonyl (C=O) groups excluding carboxylic acids is 2. The number of esters is 2. The van der Waals surface area contributed by atoms with E-state index in [1.54, 1.807) is 6.08 Å². The van der Waals surface area contributed by atoms with Gasteiger partial charge in [0.1, 0.15) is 19.8 Å². The molecule has 0 aromatic carbocycles. The first-order valence-corrected chi connectivity index (χ1v) is 22.4. The first-order valence-electron chi connectivity index (χ1n) is 21.0. The van der Waals surface area contributed by atoms with E-state index in [2.05, 4.69) is 19.9 Å². The van der Waals surface area contributed by atoms with Crippen LogP contribution in [-0.2, 0) is 32.7 Å². The third-order valence-corrected chi connectivity index (χ3v) is 9.65. The molecule has 0 saturated carbocycles. The van der Waals surface area contributed by atoms with Crippen LogP contribution in [0.2, 0.25) is 0 Å². The van der Waals surface area contributed by atoms with E-state index in [-0.39, 0.29) is 26.1 Å². The van der Waals surface area contributed by atoms with Crippen molar-refractivity contribution in [3.63, 3.8) is 0 Å². The minimum Gasteiger partial charge on any atom is -0.756 e. The SMILES string of the molecule is CCCCC/C=C\C[C@@H](O)/C=C/C=C\C/C=C\CCCC(=O)OC[C@H](COP(=O)([O-])OCC[N+](C)(C)C)OC(=O)CCCCCCCCCCCCCC. The number of rotatable bonds is 37. The number of phosphoric acid groups is 1. The van der Waals surface area contributed by atoms with Crippen LogP contribution < -0.4 is 4.89 Å². The van der Waals surface area contributed by atoms with Crippen LogP contribution in [0.3, 0.4) is 0 Å². The number of aliphatic hydroxyl groups excluding tert-OH is 1. The molecular formula is C43H78NO9P. The molecule has 0 aromatic heterocycles. The molecule has 1 N–H and O–H groups in total. The van der Waals surface area contributed by atoms with Gasteiger partial charge in [0.15, 0.2) is 6.10 Å². The predicted octanol–water partition coefficient (Wildman–Crippen LogP) is 9.86. The Morgan fingerprint density at radius 2 is 1.26 bits per heavy atom. The Kier molecular flexibility index (Phi) is 34.0. The molecular weight excluding hydrogens is 705 g/mol. The average Bonchev–Trinajstić information content (AvgIpc) is 3.11. The zero-order valence-corrected chi connectivity index (χ0v) is 35.7. The number of nitrogens with zero attached hydrogens (tertiary/aromatic N) is 1. The summed E-state index contributed by atoms with van der Waals surface area (Å²) in [5.41, 5.74) is 0. The van der Waals surface area contributed by atoms with E-state index in [0.29, 0.717) is 36.7 Å². The molecule has 0 aliphatic rings. The zero-order valence-electron chi connectivity index (χ0n) is 34.8. The fraction of sp³-hybridized carbons (Fsp3) is 0.767. The molecule has 0 aliphatic heterocycles. The fourth-order valence-electron chi connectivity index (χ4n) is 5.32. The van der Waals surface area contributed by atoms with E-state index in [9.17, 15) is 24.2 Å². The minimum atomic E-state index is -4.65. The molecule has 0 spiro atoms. The summed E-state index contributed by atoms with van der Waals surface area (Å²) in [6, 6.07) is 0. The molecule has 314 valence electrons.